The standard InChI is InChI=1S/2C8H11.2CH3.Zr/c2*1-2-5-8-6-3-4-7-8;;;/h2*3,6H,2,4-5H2,1H3;2*1H3;. The molecule has 2 rings (SSSR count). The zero-order valence-electron chi connectivity index (χ0n) is 13.1. The van der Waals surface area contributed by atoms with Gasteiger partial charge in [-0.05, 0) is 0 Å². The number of rotatable bonds is 6. The van der Waals surface area contributed by atoms with E-state index in [1.54, 1.807) is 11.1 Å². The van der Waals surface area contributed by atoms with E-state index in [-0.39, 0.29) is 0 Å². The predicted octanol–water partition coefficient (Wildman–Crippen LogP) is 6.26. The van der Waals surface area contributed by atoms with Gasteiger partial charge in [0.15, 0.2) is 0 Å². The first-order valence-corrected chi connectivity index (χ1v) is 15.3. The molecular formula is C18H28Zr. The Hall–Kier alpha value is -0.157. The fraction of sp³-hybridized carbons (Fsp3) is 0.556. The van der Waals surface area contributed by atoms with Crippen molar-refractivity contribution >= 4 is 0 Å². The fourth-order valence-electron chi connectivity index (χ4n) is 3.60. The average molecular weight is 336 g/mol. The van der Waals surface area contributed by atoms with E-state index in [4.69, 9.17) is 0 Å². The van der Waals surface area contributed by atoms with Crippen molar-refractivity contribution < 1.29 is 20.3 Å². The Bertz CT molecular complexity index is 416. The van der Waals surface area contributed by atoms with Gasteiger partial charge < -0.3 is 0 Å². The van der Waals surface area contributed by atoms with Crippen molar-refractivity contribution in [2.45, 2.75) is 61.6 Å². The van der Waals surface area contributed by atoms with E-state index in [9.17, 15) is 0 Å². The second-order valence-corrected chi connectivity index (χ2v) is 17.3. The maximum absolute atomic E-state index is 2.64. The Morgan fingerprint density at radius 3 is 1.63 bits per heavy atom. The molecule has 0 bridgehead atoms. The molecule has 0 unspecified atom stereocenters. The van der Waals surface area contributed by atoms with E-state index < -0.39 is 20.3 Å². The Labute approximate surface area is 123 Å². The van der Waals surface area contributed by atoms with E-state index in [1.165, 1.54) is 38.5 Å². The number of allylic oxidation sites excluding steroid dienone is 8. The van der Waals surface area contributed by atoms with Gasteiger partial charge in [-0.1, -0.05) is 0 Å². The number of hydrogen-bond acceptors (Lipinski definition) is 0. The molecule has 0 N–H and O–H groups in total. The zero-order valence-corrected chi connectivity index (χ0v) is 15.5. The Morgan fingerprint density at radius 1 is 0.842 bits per heavy atom. The summed E-state index contributed by atoms with van der Waals surface area (Å²) in [5, 5.41) is 0. The summed E-state index contributed by atoms with van der Waals surface area (Å²) >= 11 is -2.24. The van der Waals surface area contributed by atoms with Crippen molar-refractivity contribution in [2.75, 3.05) is 0 Å². The van der Waals surface area contributed by atoms with Crippen molar-refractivity contribution in [3.8, 4) is 0 Å². The normalized spacial score (nSPS) is 19.2. The van der Waals surface area contributed by atoms with Crippen LogP contribution >= 0.6 is 0 Å². The van der Waals surface area contributed by atoms with Gasteiger partial charge in [0, 0.05) is 0 Å². The molecule has 0 amide bonds. The molecule has 104 valence electrons. The van der Waals surface area contributed by atoms with Gasteiger partial charge in [-0.25, -0.2) is 0 Å². The second-order valence-electron chi connectivity index (χ2n) is 6.35. The van der Waals surface area contributed by atoms with Gasteiger partial charge in [0.05, 0.1) is 0 Å². The first-order valence-electron chi connectivity index (χ1n) is 7.89. The summed E-state index contributed by atoms with van der Waals surface area (Å²) in [7, 11) is 0. The molecule has 1 heteroatoms. The van der Waals surface area contributed by atoms with Crippen molar-refractivity contribution in [2.24, 2.45) is 0 Å². The van der Waals surface area contributed by atoms with E-state index >= 15 is 0 Å². The number of hydrogen-bond donors (Lipinski definition) is 0. The molecule has 0 fully saturated rings. The predicted molar refractivity (Wildman–Crippen MR) is 83.1 cm³/mol. The van der Waals surface area contributed by atoms with E-state index in [0.29, 0.717) is 0 Å². The third-order valence-electron chi connectivity index (χ3n) is 4.60. The average Bonchev–Trinajstić information content (AvgIpc) is 2.99. The van der Waals surface area contributed by atoms with E-state index in [1.807, 2.05) is 6.56 Å². The van der Waals surface area contributed by atoms with Crippen LogP contribution in [0.4, 0.5) is 0 Å². The van der Waals surface area contributed by atoms with Gasteiger partial charge in [-0.3, -0.25) is 0 Å². The van der Waals surface area contributed by atoms with E-state index in [0.717, 1.165) is 0 Å². The van der Waals surface area contributed by atoms with Gasteiger partial charge in [0.25, 0.3) is 0 Å². The van der Waals surface area contributed by atoms with Gasteiger partial charge in [0.2, 0.25) is 0 Å². The van der Waals surface area contributed by atoms with Crippen molar-refractivity contribution in [1.29, 1.82) is 0 Å². The molecule has 0 aromatic rings. The summed E-state index contributed by atoms with van der Waals surface area (Å²) in [5.41, 5.74) is 3.39. The third kappa shape index (κ3) is 3.13. The van der Waals surface area contributed by atoms with Crippen LogP contribution < -0.4 is 0 Å². The molecule has 0 aromatic carbocycles. The van der Waals surface area contributed by atoms with Gasteiger partial charge in [0.1, 0.15) is 0 Å². The summed E-state index contributed by atoms with van der Waals surface area (Å²) in [4.78, 5) is 0. The summed E-state index contributed by atoms with van der Waals surface area (Å²) in [6, 6.07) is 0. The molecule has 0 spiro atoms. The van der Waals surface area contributed by atoms with Crippen molar-refractivity contribution in [3.63, 3.8) is 0 Å². The molecule has 0 saturated carbocycles. The molecule has 2 aliphatic carbocycles. The van der Waals surface area contributed by atoms with Crippen LogP contribution in [0, 0.1) is 0 Å². The molecule has 2 aliphatic rings. The molecule has 0 heterocycles. The summed E-state index contributed by atoms with van der Waals surface area (Å²) < 4.78 is 9.04. The fourth-order valence-corrected chi connectivity index (χ4v) is 12.6. The SMILES string of the molecule is CCCC1=[C]([Zr]([CH3])([CH3])[C]2=C(CCC)C=CC2)CC=C1. The molecule has 0 atom stereocenters. The summed E-state index contributed by atoms with van der Waals surface area (Å²) in [6.07, 6.45) is 17.3. The molecule has 0 aliphatic heterocycles. The summed E-state index contributed by atoms with van der Waals surface area (Å²) in [5.74, 6) is 0. The van der Waals surface area contributed by atoms with Crippen LogP contribution in [0.3, 0.4) is 0 Å². The minimum absolute atomic E-state index is 1.25. The van der Waals surface area contributed by atoms with Crippen molar-refractivity contribution in [1.82, 2.24) is 0 Å². The molecule has 0 nitrogen and oxygen atoms in total. The third-order valence-corrected chi connectivity index (χ3v) is 14.6. The van der Waals surface area contributed by atoms with Gasteiger partial charge in [-0.2, -0.15) is 0 Å². The molecule has 0 radical (unpaired) electrons. The maximum atomic E-state index is 2.64. The first kappa shape index (κ1) is 15.2. The van der Waals surface area contributed by atoms with Crippen LogP contribution in [0.25, 0.3) is 0 Å². The Balaban J connectivity index is 2.32. The first-order chi connectivity index (χ1) is 9.11. The van der Waals surface area contributed by atoms with Crippen LogP contribution in [0.15, 0.2) is 42.0 Å². The van der Waals surface area contributed by atoms with Crippen LogP contribution in [0.1, 0.15) is 52.4 Å². The molecule has 19 heavy (non-hydrogen) atoms. The van der Waals surface area contributed by atoms with Gasteiger partial charge in [-0.15, -0.1) is 0 Å². The Morgan fingerprint density at radius 2 is 1.26 bits per heavy atom. The minimum atomic E-state index is -2.24. The Kier molecular flexibility index (Phi) is 5.24. The topological polar surface area (TPSA) is 0 Å². The van der Waals surface area contributed by atoms with Gasteiger partial charge >= 0.3 is 124 Å². The summed E-state index contributed by atoms with van der Waals surface area (Å²) in [6.45, 7) is 4.61. The van der Waals surface area contributed by atoms with Crippen LogP contribution in [-0.4, -0.2) is 0 Å². The van der Waals surface area contributed by atoms with Crippen molar-refractivity contribution in [3.05, 3.63) is 42.0 Å². The zero-order chi connectivity index (χ0) is 13.9. The molecular weight excluding hydrogens is 307 g/mol. The van der Waals surface area contributed by atoms with Crippen LogP contribution in [0.5, 0.6) is 0 Å². The molecule has 0 saturated heterocycles. The van der Waals surface area contributed by atoms with E-state index in [2.05, 4.69) is 47.4 Å². The second kappa shape index (κ2) is 6.53. The quantitative estimate of drug-likeness (QED) is 0.537. The van der Waals surface area contributed by atoms with Crippen LogP contribution in [0.2, 0.25) is 9.26 Å². The van der Waals surface area contributed by atoms with Crippen LogP contribution in [-0.2, 0) is 20.3 Å². The monoisotopic (exact) mass is 334 g/mol. The molecule has 0 aromatic heterocycles.